The van der Waals surface area contributed by atoms with Crippen molar-refractivity contribution >= 4 is 0 Å². The van der Waals surface area contributed by atoms with Crippen molar-refractivity contribution in [3.05, 3.63) is 25.7 Å². The molecule has 0 radical (unpaired) electrons. The molecule has 0 fully saturated rings. The first-order valence-electron chi connectivity index (χ1n) is 2.18. The second-order valence-electron chi connectivity index (χ2n) is 0.469. The third-order valence-corrected chi connectivity index (χ3v) is 0.192. The Bertz CT molecular complexity index is 37.6. The molecule has 3 heteroatoms. The molecular weight excluding hydrogens is 120 g/mol. The Hall–Kier alpha value is -0.800. The van der Waals surface area contributed by atoms with E-state index in [-0.39, 0.29) is 0 Å². The molecule has 0 rings (SSSR count). The fourth-order valence-corrected chi connectivity index (χ4v) is 0.0680. The van der Waals surface area contributed by atoms with Crippen molar-refractivity contribution < 1.29 is 14.9 Å². The van der Waals surface area contributed by atoms with Crippen LogP contribution in [0.4, 0.5) is 0 Å². The second-order valence-corrected chi connectivity index (χ2v) is 0.469. The molecule has 0 saturated heterocycles. The minimum absolute atomic E-state index is 1.00. The predicted molar refractivity (Wildman–Crippen MR) is 37.8 cm³/mol. The van der Waals surface area contributed by atoms with Crippen LogP contribution in [0.3, 0.4) is 0 Å². The maximum Gasteiger partial charge on any atom is 0.0829 e. The second kappa shape index (κ2) is 57.2. The van der Waals surface area contributed by atoms with Gasteiger partial charge in [0.05, 0.1) is 12.5 Å². The molecule has 3 nitrogen and oxygen atoms in total. The standard InChI is InChI=1S/C4H6O.2CH4O/c1-3-5-4-2;2*1-2/h3-4H,1-2H2;2*2H,1H3. The van der Waals surface area contributed by atoms with Gasteiger partial charge in [0.15, 0.2) is 0 Å². The molecule has 0 aliphatic rings. The van der Waals surface area contributed by atoms with Gasteiger partial charge < -0.3 is 14.9 Å². The van der Waals surface area contributed by atoms with E-state index in [1.165, 1.54) is 12.5 Å². The molecule has 0 atom stereocenters. The van der Waals surface area contributed by atoms with Gasteiger partial charge in [0.2, 0.25) is 0 Å². The molecule has 0 aromatic heterocycles. The number of aliphatic hydroxyl groups excluding tert-OH is 2. The summed E-state index contributed by atoms with van der Waals surface area (Å²) in [7, 11) is 2.00. The van der Waals surface area contributed by atoms with E-state index in [9.17, 15) is 0 Å². The molecule has 9 heavy (non-hydrogen) atoms. The zero-order chi connectivity index (χ0) is 8.12. The monoisotopic (exact) mass is 134 g/mol. The topological polar surface area (TPSA) is 49.7 Å². The van der Waals surface area contributed by atoms with Gasteiger partial charge in [-0.1, -0.05) is 13.2 Å². The van der Waals surface area contributed by atoms with E-state index in [1.54, 1.807) is 0 Å². The number of hydrogen-bond acceptors (Lipinski definition) is 3. The van der Waals surface area contributed by atoms with Gasteiger partial charge in [-0.2, -0.15) is 0 Å². The van der Waals surface area contributed by atoms with Crippen LogP contribution in [0.25, 0.3) is 0 Å². The van der Waals surface area contributed by atoms with Gasteiger partial charge in [-0.25, -0.2) is 0 Å². The molecule has 0 amide bonds. The van der Waals surface area contributed by atoms with Crippen LogP contribution in [-0.4, -0.2) is 24.4 Å². The molecule has 0 aliphatic heterocycles. The Morgan fingerprint density at radius 1 is 1.00 bits per heavy atom. The third kappa shape index (κ3) is 135. The largest absolute Gasteiger partial charge is 0.474 e. The van der Waals surface area contributed by atoms with Gasteiger partial charge in [0, 0.05) is 14.2 Å². The molecule has 0 saturated carbocycles. The third-order valence-electron chi connectivity index (χ3n) is 0.192. The lowest BCUT2D eigenvalue weighted by Gasteiger charge is -1.76. The zero-order valence-corrected chi connectivity index (χ0v) is 5.87. The molecule has 56 valence electrons. The first-order valence-corrected chi connectivity index (χ1v) is 2.18. The smallest absolute Gasteiger partial charge is 0.0829 e. The summed E-state index contributed by atoms with van der Waals surface area (Å²) in [6, 6.07) is 0. The SMILES string of the molecule is C=COC=C.CO.CO. The average Bonchev–Trinajstić information content (AvgIpc) is 1.98. The zero-order valence-electron chi connectivity index (χ0n) is 5.87. The summed E-state index contributed by atoms with van der Waals surface area (Å²) in [6.07, 6.45) is 2.62. The van der Waals surface area contributed by atoms with E-state index in [2.05, 4.69) is 17.9 Å². The number of ether oxygens (including phenoxy) is 1. The Morgan fingerprint density at radius 2 is 1.22 bits per heavy atom. The molecule has 2 N–H and O–H groups in total. The maximum absolute atomic E-state index is 7.00. The summed E-state index contributed by atoms with van der Waals surface area (Å²) in [4.78, 5) is 0. The molecule has 0 aromatic rings. The minimum atomic E-state index is 1.00. The van der Waals surface area contributed by atoms with Crippen molar-refractivity contribution in [2.45, 2.75) is 0 Å². The summed E-state index contributed by atoms with van der Waals surface area (Å²) in [5.41, 5.74) is 0. The van der Waals surface area contributed by atoms with Crippen LogP contribution in [-0.2, 0) is 4.74 Å². The normalized spacial score (nSPS) is 4.44. The summed E-state index contributed by atoms with van der Waals surface area (Å²) in [5, 5.41) is 14.0. The fraction of sp³-hybridized carbons (Fsp3) is 0.333. The molecule has 0 heterocycles. The van der Waals surface area contributed by atoms with Gasteiger partial charge in [-0.15, -0.1) is 0 Å². The fourth-order valence-electron chi connectivity index (χ4n) is 0.0680. The van der Waals surface area contributed by atoms with Crippen LogP contribution in [0.15, 0.2) is 25.7 Å². The van der Waals surface area contributed by atoms with E-state index < -0.39 is 0 Å². The Labute approximate surface area is 55.9 Å². The highest BCUT2D eigenvalue weighted by Gasteiger charge is 1.45. The van der Waals surface area contributed by atoms with Gasteiger partial charge in [0.1, 0.15) is 0 Å². The number of hydrogen-bond donors (Lipinski definition) is 2. The van der Waals surface area contributed by atoms with Crippen molar-refractivity contribution in [3.8, 4) is 0 Å². The summed E-state index contributed by atoms with van der Waals surface area (Å²) in [6.45, 7) is 6.51. The van der Waals surface area contributed by atoms with Crippen LogP contribution < -0.4 is 0 Å². The van der Waals surface area contributed by atoms with Gasteiger partial charge in [-0.3, -0.25) is 0 Å². The highest BCUT2D eigenvalue weighted by Crippen LogP contribution is 1.65. The quantitative estimate of drug-likeness (QED) is 0.541. The maximum atomic E-state index is 7.00. The molecule has 0 aromatic carbocycles. The van der Waals surface area contributed by atoms with Crippen LogP contribution in [0.1, 0.15) is 0 Å². The molecule has 0 bridgehead atoms. The molecule has 0 aliphatic carbocycles. The summed E-state index contributed by atoms with van der Waals surface area (Å²) >= 11 is 0. The Kier molecular flexibility index (Phi) is 99.9. The Balaban J connectivity index is -0.0000000771. The summed E-state index contributed by atoms with van der Waals surface area (Å²) in [5.74, 6) is 0. The van der Waals surface area contributed by atoms with Gasteiger partial charge in [0.25, 0.3) is 0 Å². The van der Waals surface area contributed by atoms with Crippen LogP contribution in [0.2, 0.25) is 0 Å². The lowest BCUT2D eigenvalue weighted by molar-refractivity contribution is 0.399. The molecule has 0 spiro atoms. The predicted octanol–water partition coefficient (Wildman–Crippen LogP) is 0.507. The van der Waals surface area contributed by atoms with Crippen molar-refractivity contribution in [2.75, 3.05) is 14.2 Å². The van der Waals surface area contributed by atoms with Crippen LogP contribution in [0.5, 0.6) is 0 Å². The van der Waals surface area contributed by atoms with E-state index in [1.807, 2.05) is 0 Å². The highest BCUT2D eigenvalue weighted by molar-refractivity contribution is 4.57. The van der Waals surface area contributed by atoms with E-state index in [4.69, 9.17) is 10.2 Å². The van der Waals surface area contributed by atoms with E-state index in [0.29, 0.717) is 0 Å². The number of aliphatic hydroxyl groups is 2. The van der Waals surface area contributed by atoms with Gasteiger partial charge in [-0.05, 0) is 0 Å². The average molecular weight is 134 g/mol. The molecular formula is C6H14O3. The van der Waals surface area contributed by atoms with E-state index in [0.717, 1.165) is 14.2 Å². The summed E-state index contributed by atoms with van der Waals surface area (Å²) < 4.78 is 4.36. The highest BCUT2D eigenvalue weighted by atomic mass is 16.5. The number of rotatable bonds is 2. The van der Waals surface area contributed by atoms with Crippen LogP contribution >= 0.6 is 0 Å². The first kappa shape index (κ1) is 15.7. The van der Waals surface area contributed by atoms with Crippen molar-refractivity contribution in [1.29, 1.82) is 0 Å². The van der Waals surface area contributed by atoms with Crippen molar-refractivity contribution in [2.24, 2.45) is 0 Å². The van der Waals surface area contributed by atoms with E-state index >= 15 is 0 Å². The van der Waals surface area contributed by atoms with Crippen molar-refractivity contribution in [3.63, 3.8) is 0 Å². The lowest BCUT2D eigenvalue weighted by atomic mass is 11.1. The van der Waals surface area contributed by atoms with Gasteiger partial charge >= 0.3 is 0 Å². The van der Waals surface area contributed by atoms with Crippen LogP contribution in [0, 0.1) is 0 Å². The molecule has 0 unspecified atom stereocenters. The lowest BCUT2D eigenvalue weighted by Crippen LogP contribution is -1.52. The minimum Gasteiger partial charge on any atom is -0.474 e. The Morgan fingerprint density at radius 3 is 1.22 bits per heavy atom. The first-order chi connectivity index (χ1) is 4.41. The van der Waals surface area contributed by atoms with Crippen molar-refractivity contribution in [1.82, 2.24) is 0 Å².